The first-order chi connectivity index (χ1) is 19.6. The maximum atomic E-state index is 13.7. The number of aryl methyl sites for hydroxylation is 3. The highest BCUT2D eigenvalue weighted by molar-refractivity contribution is 7.19. The molecular formula is C32H39N5O3S. The molecule has 216 valence electrons. The van der Waals surface area contributed by atoms with Gasteiger partial charge in [0, 0.05) is 59.2 Å². The van der Waals surface area contributed by atoms with Crippen molar-refractivity contribution >= 4 is 33.3 Å². The number of thiazole rings is 1. The second-order valence-corrected chi connectivity index (χ2v) is 12.8. The molecule has 41 heavy (non-hydrogen) atoms. The summed E-state index contributed by atoms with van der Waals surface area (Å²) in [5, 5.41) is 4.05. The van der Waals surface area contributed by atoms with Crippen molar-refractivity contribution in [2.24, 2.45) is 0 Å². The van der Waals surface area contributed by atoms with Crippen LogP contribution in [0.2, 0.25) is 0 Å². The van der Waals surface area contributed by atoms with Gasteiger partial charge in [-0.1, -0.05) is 34.1 Å². The Labute approximate surface area is 245 Å². The van der Waals surface area contributed by atoms with E-state index in [9.17, 15) is 9.59 Å². The van der Waals surface area contributed by atoms with Gasteiger partial charge in [-0.15, -0.1) is 11.3 Å². The third kappa shape index (κ3) is 6.06. The lowest BCUT2D eigenvalue weighted by molar-refractivity contribution is 0.0950. The monoisotopic (exact) mass is 573 g/mol. The van der Waals surface area contributed by atoms with Gasteiger partial charge in [-0.2, -0.15) is 0 Å². The fourth-order valence-corrected chi connectivity index (χ4v) is 6.45. The molecule has 0 unspecified atom stereocenters. The molecule has 0 aliphatic carbocycles. The van der Waals surface area contributed by atoms with Gasteiger partial charge >= 0.3 is 0 Å². The van der Waals surface area contributed by atoms with E-state index in [-0.39, 0.29) is 23.4 Å². The van der Waals surface area contributed by atoms with E-state index in [4.69, 9.17) is 14.7 Å². The number of ether oxygens (including phenoxy) is 1. The summed E-state index contributed by atoms with van der Waals surface area (Å²) in [4.78, 5) is 41.4. The number of nitrogens with zero attached hydrogens (tertiary/aromatic N) is 3. The molecule has 4 heterocycles. The Hall–Kier alpha value is -3.56. The number of amides is 1. The Morgan fingerprint density at radius 1 is 1.17 bits per heavy atom. The van der Waals surface area contributed by atoms with Gasteiger partial charge in [0.15, 0.2) is 0 Å². The largest absolute Gasteiger partial charge is 0.378 e. The van der Waals surface area contributed by atoms with Crippen molar-refractivity contribution in [1.29, 1.82) is 0 Å². The third-order valence-corrected chi connectivity index (χ3v) is 9.02. The van der Waals surface area contributed by atoms with Gasteiger partial charge in [0.05, 0.1) is 28.4 Å². The normalized spacial score (nSPS) is 14.0. The van der Waals surface area contributed by atoms with Crippen molar-refractivity contribution in [2.45, 2.75) is 66.3 Å². The Bertz CT molecular complexity index is 1630. The van der Waals surface area contributed by atoms with Crippen molar-refractivity contribution < 1.29 is 9.53 Å². The summed E-state index contributed by atoms with van der Waals surface area (Å²) in [6.45, 7) is 15.6. The van der Waals surface area contributed by atoms with Crippen LogP contribution in [0.25, 0.3) is 21.3 Å². The summed E-state index contributed by atoms with van der Waals surface area (Å²) >= 11 is 1.67. The third-order valence-electron chi connectivity index (χ3n) is 7.51. The molecule has 0 saturated carbocycles. The van der Waals surface area contributed by atoms with E-state index < -0.39 is 0 Å². The van der Waals surface area contributed by atoms with Crippen molar-refractivity contribution in [1.82, 2.24) is 20.3 Å². The van der Waals surface area contributed by atoms with E-state index in [0.717, 1.165) is 74.9 Å². The van der Waals surface area contributed by atoms with Gasteiger partial charge in [-0.25, -0.2) is 9.97 Å². The number of rotatable bonds is 7. The van der Waals surface area contributed by atoms with Crippen LogP contribution in [0, 0.1) is 13.8 Å². The summed E-state index contributed by atoms with van der Waals surface area (Å²) in [5.41, 5.74) is 6.21. The van der Waals surface area contributed by atoms with E-state index in [1.54, 1.807) is 11.3 Å². The first-order valence-corrected chi connectivity index (χ1v) is 15.1. The first kappa shape index (κ1) is 29.0. The summed E-state index contributed by atoms with van der Waals surface area (Å²) in [5.74, 6) is 0.695. The van der Waals surface area contributed by atoms with E-state index in [2.05, 4.69) is 49.0 Å². The highest BCUT2D eigenvalue weighted by atomic mass is 32.1. The number of hydrogen-bond donors (Lipinski definition) is 2. The minimum absolute atomic E-state index is 0.129. The Morgan fingerprint density at radius 2 is 1.93 bits per heavy atom. The highest BCUT2D eigenvalue weighted by Gasteiger charge is 2.25. The Balaban J connectivity index is 1.53. The molecule has 0 atom stereocenters. The van der Waals surface area contributed by atoms with Crippen molar-refractivity contribution in [3.63, 3.8) is 0 Å². The molecule has 8 nitrogen and oxygen atoms in total. The van der Waals surface area contributed by atoms with Crippen LogP contribution >= 0.6 is 11.3 Å². The number of anilines is 1. The summed E-state index contributed by atoms with van der Waals surface area (Å²) in [7, 11) is 0. The zero-order valence-corrected chi connectivity index (χ0v) is 25.6. The van der Waals surface area contributed by atoms with E-state index in [1.165, 1.54) is 0 Å². The molecule has 1 aromatic carbocycles. The number of morpholine rings is 1. The van der Waals surface area contributed by atoms with Crippen LogP contribution in [0.15, 0.2) is 35.3 Å². The predicted molar refractivity (Wildman–Crippen MR) is 166 cm³/mol. The van der Waals surface area contributed by atoms with Crippen molar-refractivity contribution in [3.8, 4) is 11.1 Å². The van der Waals surface area contributed by atoms with E-state index in [1.807, 2.05) is 38.2 Å². The molecule has 0 radical (unpaired) electrons. The average molecular weight is 574 g/mol. The predicted octanol–water partition coefficient (Wildman–Crippen LogP) is 5.68. The molecule has 3 aromatic heterocycles. The van der Waals surface area contributed by atoms with Crippen LogP contribution in [0.3, 0.4) is 0 Å². The number of carbonyl (C=O) groups is 1. The summed E-state index contributed by atoms with van der Waals surface area (Å²) < 4.78 is 6.53. The van der Waals surface area contributed by atoms with Gasteiger partial charge in [0.2, 0.25) is 0 Å². The minimum atomic E-state index is -0.226. The molecule has 1 amide bonds. The van der Waals surface area contributed by atoms with Crippen molar-refractivity contribution in [2.75, 3.05) is 31.2 Å². The number of carbonyl (C=O) groups excluding carboxylic acids is 1. The molecule has 0 bridgehead atoms. The molecule has 2 N–H and O–H groups in total. The summed E-state index contributed by atoms with van der Waals surface area (Å²) in [6, 6.07) is 8.06. The van der Waals surface area contributed by atoms with Gasteiger partial charge in [-0.05, 0) is 55.7 Å². The lowest BCUT2D eigenvalue weighted by Crippen LogP contribution is -2.36. The standard InChI is InChI=1S/C32H39N5O3S/c1-7-8-21-15-19(2)35-30(39)25(21)18-34-29(38)23-16-24(28-27(20(23)3)36-31(41-28)32(4,5)6)22-9-10-26(33-17-22)37-11-13-40-14-12-37/h9-10,15-17H,7-8,11-14,18H2,1-6H3,(H,34,38)(H,35,39). The van der Waals surface area contributed by atoms with Crippen LogP contribution in [0.4, 0.5) is 5.82 Å². The smallest absolute Gasteiger partial charge is 0.253 e. The number of fused-ring (bicyclic) bond motifs is 1. The number of aromatic amines is 1. The van der Waals surface area contributed by atoms with Crippen LogP contribution in [0.1, 0.15) is 71.9 Å². The zero-order chi connectivity index (χ0) is 29.3. The van der Waals surface area contributed by atoms with Crippen LogP contribution < -0.4 is 15.8 Å². The first-order valence-electron chi connectivity index (χ1n) is 14.3. The minimum Gasteiger partial charge on any atom is -0.378 e. The Morgan fingerprint density at radius 3 is 2.59 bits per heavy atom. The molecular weight excluding hydrogens is 534 g/mol. The van der Waals surface area contributed by atoms with Gasteiger partial charge < -0.3 is 19.9 Å². The molecule has 4 aromatic rings. The maximum Gasteiger partial charge on any atom is 0.253 e. The number of hydrogen-bond acceptors (Lipinski definition) is 7. The molecule has 0 spiro atoms. The van der Waals surface area contributed by atoms with E-state index in [0.29, 0.717) is 24.3 Å². The maximum absolute atomic E-state index is 13.7. The summed E-state index contributed by atoms with van der Waals surface area (Å²) in [6.07, 6.45) is 3.59. The fraction of sp³-hybridized carbons (Fsp3) is 0.438. The molecule has 1 aliphatic heterocycles. The number of nitrogens with one attached hydrogen (secondary N) is 2. The second kappa shape index (κ2) is 11.7. The van der Waals surface area contributed by atoms with E-state index >= 15 is 0 Å². The molecule has 5 rings (SSSR count). The van der Waals surface area contributed by atoms with Crippen molar-refractivity contribution in [3.05, 3.63) is 73.8 Å². The molecule has 1 aliphatic rings. The average Bonchev–Trinajstić information content (AvgIpc) is 3.41. The molecule has 9 heteroatoms. The fourth-order valence-electron chi connectivity index (χ4n) is 5.23. The van der Waals surface area contributed by atoms with Gasteiger partial charge in [0.25, 0.3) is 11.5 Å². The molecule has 1 saturated heterocycles. The number of benzene rings is 1. The zero-order valence-electron chi connectivity index (χ0n) is 24.8. The lowest BCUT2D eigenvalue weighted by atomic mass is 9.97. The quantitative estimate of drug-likeness (QED) is 0.295. The lowest BCUT2D eigenvalue weighted by Gasteiger charge is -2.27. The highest BCUT2D eigenvalue weighted by Crippen LogP contribution is 2.40. The topological polar surface area (TPSA) is 100 Å². The van der Waals surface area contributed by atoms with Crippen LogP contribution in [-0.2, 0) is 23.1 Å². The number of aromatic nitrogens is 3. The Kier molecular flexibility index (Phi) is 8.29. The molecule has 1 fully saturated rings. The number of H-pyrrole nitrogens is 1. The van der Waals surface area contributed by atoms with Gasteiger partial charge in [-0.3, -0.25) is 9.59 Å². The SMILES string of the molecule is CCCc1cc(C)[nH]c(=O)c1CNC(=O)c1cc(-c2ccc(N3CCOCC3)nc2)c2sc(C(C)(C)C)nc2c1C. The number of pyridine rings is 2. The van der Waals surface area contributed by atoms with Crippen LogP contribution in [-0.4, -0.2) is 47.2 Å². The van der Waals surface area contributed by atoms with Crippen LogP contribution in [0.5, 0.6) is 0 Å². The van der Waals surface area contributed by atoms with Gasteiger partial charge in [0.1, 0.15) is 5.82 Å². The second-order valence-electron chi connectivity index (χ2n) is 11.8.